The lowest BCUT2D eigenvalue weighted by Gasteiger charge is -2.26. The Labute approximate surface area is 111 Å². The Bertz CT molecular complexity index is 660. The summed E-state index contributed by atoms with van der Waals surface area (Å²) in [6.07, 6.45) is 3.65. The van der Waals surface area contributed by atoms with Gasteiger partial charge in [-0.2, -0.15) is 0 Å². The largest absolute Gasteiger partial charge is 0.399 e. The number of anilines is 1. The minimum Gasteiger partial charge on any atom is -0.399 e. The molecule has 1 aromatic heterocycles. The number of benzene rings is 1. The quantitative estimate of drug-likeness (QED) is 0.768. The maximum absolute atomic E-state index is 12.6. The maximum Gasteiger partial charge on any atom is 0.270 e. The van der Waals surface area contributed by atoms with Crippen molar-refractivity contribution in [3.8, 4) is 0 Å². The predicted octanol–water partition coefficient (Wildman–Crippen LogP) is 2.37. The van der Waals surface area contributed by atoms with E-state index in [1.54, 1.807) is 0 Å². The van der Waals surface area contributed by atoms with E-state index in [0.29, 0.717) is 11.7 Å². The average Bonchev–Trinajstić information content (AvgIpc) is 3.11. The number of nitrogen functional groups attached to an aromatic ring is 1. The number of piperidine rings is 1. The summed E-state index contributed by atoms with van der Waals surface area (Å²) in [4.78, 5) is 17.8. The van der Waals surface area contributed by atoms with E-state index in [1.807, 2.05) is 29.2 Å². The van der Waals surface area contributed by atoms with Crippen molar-refractivity contribution in [3.05, 3.63) is 30.0 Å². The first-order valence-corrected chi connectivity index (χ1v) is 6.90. The van der Waals surface area contributed by atoms with E-state index in [1.165, 1.54) is 19.3 Å². The number of likely N-dealkylation sites (tertiary alicyclic amines) is 1. The highest BCUT2D eigenvalue weighted by molar-refractivity contribution is 5.98. The van der Waals surface area contributed by atoms with Gasteiger partial charge < -0.3 is 15.6 Å². The van der Waals surface area contributed by atoms with Gasteiger partial charge in [-0.05, 0) is 49.4 Å². The molecular formula is C15H17N3O. The third-order valence-corrected chi connectivity index (χ3v) is 4.55. The van der Waals surface area contributed by atoms with Crippen molar-refractivity contribution in [2.24, 2.45) is 5.92 Å². The van der Waals surface area contributed by atoms with Gasteiger partial charge >= 0.3 is 0 Å². The Balaban J connectivity index is 1.68. The summed E-state index contributed by atoms with van der Waals surface area (Å²) in [6.45, 7) is 0.932. The molecule has 1 aliphatic carbocycles. The molecule has 2 fully saturated rings. The van der Waals surface area contributed by atoms with Crippen LogP contribution in [0.25, 0.3) is 10.9 Å². The van der Waals surface area contributed by atoms with Crippen LogP contribution in [0.3, 0.4) is 0 Å². The Hall–Kier alpha value is -1.97. The Morgan fingerprint density at radius 3 is 2.95 bits per heavy atom. The zero-order valence-corrected chi connectivity index (χ0v) is 10.7. The minimum absolute atomic E-state index is 0.141. The monoisotopic (exact) mass is 255 g/mol. The third kappa shape index (κ3) is 1.63. The van der Waals surface area contributed by atoms with E-state index in [-0.39, 0.29) is 5.91 Å². The lowest BCUT2D eigenvalue weighted by atomic mass is 10.1. The van der Waals surface area contributed by atoms with E-state index in [4.69, 9.17) is 5.73 Å². The van der Waals surface area contributed by atoms with Crippen LogP contribution >= 0.6 is 0 Å². The van der Waals surface area contributed by atoms with Crippen molar-refractivity contribution >= 4 is 22.5 Å². The molecule has 98 valence electrons. The van der Waals surface area contributed by atoms with Crippen LogP contribution in [0, 0.1) is 5.92 Å². The summed E-state index contributed by atoms with van der Waals surface area (Å²) in [5, 5.41) is 1.01. The second-order valence-corrected chi connectivity index (χ2v) is 5.82. The number of hydrogen-bond acceptors (Lipinski definition) is 2. The van der Waals surface area contributed by atoms with E-state index in [2.05, 4.69) is 4.98 Å². The number of fused-ring (bicyclic) bond motifs is 3. The first-order valence-electron chi connectivity index (χ1n) is 6.90. The van der Waals surface area contributed by atoms with Crippen molar-refractivity contribution in [1.29, 1.82) is 0 Å². The van der Waals surface area contributed by atoms with Gasteiger partial charge in [-0.1, -0.05) is 0 Å². The SMILES string of the molecule is Nc1ccc2[nH]c(C(=O)N3CC4CCC3C4)cc2c1. The average molecular weight is 255 g/mol. The van der Waals surface area contributed by atoms with Gasteiger partial charge in [0.15, 0.2) is 0 Å². The fourth-order valence-corrected chi connectivity index (χ4v) is 3.59. The molecule has 2 bridgehead atoms. The first-order chi connectivity index (χ1) is 9.20. The van der Waals surface area contributed by atoms with Crippen LogP contribution < -0.4 is 5.73 Å². The van der Waals surface area contributed by atoms with Gasteiger partial charge in [0.1, 0.15) is 5.69 Å². The number of amides is 1. The first kappa shape index (κ1) is 10.9. The van der Waals surface area contributed by atoms with E-state index in [0.717, 1.165) is 29.1 Å². The van der Waals surface area contributed by atoms with Crippen LogP contribution in [0.5, 0.6) is 0 Å². The molecule has 0 radical (unpaired) electrons. The second kappa shape index (κ2) is 3.76. The molecule has 2 unspecified atom stereocenters. The van der Waals surface area contributed by atoms with Crippen molar-refractivity contribution in [1.82, 2.24) is 9.88 Å². The topological polar surface area (TPSA) is 62.1 Å². The smallest absolute Gasteiger partial charge is 0.270 e. The third-order valence-electron chi connectivity index (χ3n) is 4.55. The van der Waals surface area contributed by atoms with Gasteiger partial charge in [0.05, 0.1) is 0 Å². The zero-order valence-electron chi connectivity index (χ0n) is 10.7. The van der Waals surface area contributed by atoms with Crippen molar-refractivity contribution in [3.63, 3.8) is 0 Å². The maximum atomic E-state index is 12.6. The number of nitrogens with one attached hydrogen (secondary N) is 1. The van der Waals surface area contributed by atoms with Crippen LogP contribution in [0.1, 0.15) is 29.8 Å². The number of aromatic nitrogens is 1. The molecule has 1 aromatic carbocycles. The van der Waals surface area contributed by atoms with Crippen molar-refractivity contribution in [2.75, 3.05) is 12.3 Å². The molecule has 19 heavy (non-hydrogen) atoms. The summed E-state index contributed by atoms with van der Waals surface area (Å²) in [5.74, 6) is 0.871. The molecule has 2 atom stereocenters. The number of nitrogens with zero attached hydrogens (tertiary/aromatic N) is 1. The lowest BCUT2D eigenvalue weighted by Crippen LogP contribution is -2.37. The molecule has 1 amide bonds. The Morgan fingerprint density at radius 2 is 2.21 bits per heavy atom. The molecule has 4 rings (SSSR count). The standard InChI is InChI=1S/C15H17N3O/c16-11-2-4-13-10(6-11)7-14(17-13)15(19)18-8-9-1-3-12(18)5-9/h2,4,6-7,9,12,17H,1,3,5,8,16H2. The van der Waals surface area contributed by atoms with Crippen molar-refractivity contribution < 1.29 is 4.79 Å². The molecule has 4 nitrogen and oxygen atoms in total. The van der Waals surface area contributed by atoms with Gasteiger partial charge in [0, 0.05) is 29.2 Å². The number of rotatable bonds is 1. The van der Waals surface area contributed by atoms with Crippen LogP contribution in [0.2, 0.25) is 0 Å². The van der Waals surface area contributed by atoms with Gasteiger partial charge in [0.25, 0.3) is 5.91 Å². The zero-order chi connectivity index (χ0) is 13.0. The number of carbonyl (C=O) groups excluding carboxylic acids is 1. The number of carbonyl (C=O) groups is 1. The van der Waals surface area contributed by atoms with Crippen LogP contribution in [0.15, 0.2) is 24.3 Å². The Kier molecular flexibility index (Phi) is 2.16. The Morgan fingerprint density at radius 1 is 1.32 bits per heavy atom. The molecule has 1 aliphatic heterocycles. The van der Waals surface area contributed by atoms with E-state index < -0.39 is 0 Å². The molecule has 3 N–H and O–H groups in total. The molecule has 4 heteroatoms. The molecule has 2 heterocycles. The van der Waals surface area contributed by atoms with Gasteiger partial charge in [-0.25, -0.2) is 0 Å². The summed E-state index contributed by atoms with van der Waals surface area (Å²) in [5.41, 5.74) is 8.16. The molecule has 2 aromatic rings. The number of nitrogens with two attached hydrogens (primary N) is 1. The van der Waals surface area contributed by atoms with Crippen LogP contribution in [0.4, 0.5) is 5.69 Å². The number of hydrogen-bond donors (Lipinski definition) is 2. The number of aromatic amines is 1. The summed E-state index contributed by atoms with van der Waals surface area (Å²) >= 11 is 0. The van der Waals surface area contributed by atoms with E-state index in [9.17, 15) is 4.79 Å². The molecule has 0 spiro atoms. The summed E-state index contributed by atoms with van der Waals surface area (Å²) in [6, 6.07) is 8.07. The van der Waals surface area contributed by atoms with E-state index >= 15 is 0 Å². The normalized spacial score (nSPS) is 25.4. The van der Waals surface area contributed by atoms with Gasteiger partial charge in [-0.15, -0.1) is 0 Å². The highest BCUT2D eigenvalue weighted by atomic mass is 16.2. The number of H-pyrrole nitrogens is 1. The summed E-state index contributed by atoms with van der Waals surface area (Å²) < 4.78 is 0. The summed E-state index contributed by atoms with van der Waals surface area (Å²) in [7, 11) is 0. The van der Waals surface area contributed by atoms with Crippen molar-refractivity contribution in [2.45, 2.75) is 25.3 Å². The van der Waals surface area contributed by atoms with Gasteiger partial charge in [-0.3, -0.25) is 4.79 Å². The second-order valence-electron chi connectivity index (χ2n) is 5.82. The minimum atomic E-state index is 0.141. The predicted molar refractivity (Wildman–Crippen MR) is 74.9 cm³/mol. The van der Waals surface area contributed by atoms with Crippen LogP contribution in [-0.2, 0) is 0 Å². The highest BCUT2D eigenvalue weighted by Gasteiger charge is 2.40. The van der Waals surface area contributed by atoms with Crippen LogP contribution in [-0.4, -0.2) is 28.4 Å². The van der Waals surface area contributed by atoms with Gasteiger partial charge in [0.2, 0.25) is 0 Å². The molecule has 2 aliphatic rings. The lowest BCUT2D eigenvalue weighted by molar-refractivity contribution is 0.0698. The molecular weight excluding hydrogens is 238 g/mol. The molecule has 1 saturated carbocycles. The molecule has 1 saturated heterocycles. The fourth-order valence-electron chi connectivity index (χ4n) is 3.59. The highest BCUT2D eigenvalue weighted by Crippen LogP contribution is 2.38. The fraction of sp³-hybridized carbons (Fsp3) is 0.400.